The molecule has 5 N–H and O–H groups in total. The molecule has 0 fully saturated rings. The average Bonchev–Trinajstić information content (AvgIpc) is 4.10. The number of carboxylic acids is 1. The van der Waals surface area contributed by atoms with Gasteiger partial charge in [-0.15, -0.1) is 0 Å². The lowest BCUT2D eigenvalue weighted by molar-refractivity contribution is -0.137. The number of aliphatic carboxylic acids is 1. The molecule has 0 saturated carbocycles. The summed E-state index contributed by atoms with van der Waals surface area (Å²) in [4.78, 5) is 75.2. The van der Waals surface area contributed by atoms with Crippen LogP contribution in [-0.2, 0) is 68.1 Å². The number of rotatable bonds is 16. The van der Waals surface area contributed by atoms with Crippen LogP contribution in [0, 0.1) is 11.9 Å². The maximum atomic E-state index is 13.3. The summed E-state index contributed by atoms with van der Waals surface area (Å²) in [5.74, 6) is -2.54. The molecule has 0 atom stereocenters. The van der Waals surface area contributed by atoms with Gasteiger partial charge in [0.2, 0.25) is 17.8 Å². The molecule has 0 aliphatic carbocycles. The van der Waals surface area contributed by atoms with Gasteiger partial charge in [0.25, 0.3) is 0 Å². The van der Waals surface area contributed by atoms with Crippen molar-refractivity contribution in [3.8, 4) is 0 Å². The molecule has 9 aromatic rings. The number of hydrogen-bond donors (Lipinski definition) is 4. The molecule has 0 saturated heterocycles. The number of nitrogens with one attached hydrogen (secondary N) is 2. The lowest BCUT2D eigenvalue weighted by Crippen LogP contribution is -2.29. The summed E-state index contributed by atoms with van der Waals surface area (Å²) in [5.41, 5.74) is 10.6. The summed E-state index contributed by atoms with van der Waals surface area (Å²) in [6, 6.07) is 20.8. The number of nitrogens with two attached hydrogens (primary N) is 1. The minimum atomic E-state index is -1.05. The number of carbonyl (C=O) groups excluding carboxylic acids is 1. The highest BCUT2D eigenvalue weighted by Crippen LogP contribution is 2.26. The number of amides is 1. The Balaban J connectivity index is 0.000000172. The zero-order chi connectivity index (χ0) is 56.5. The molecule has 408 valence electrons. The number of halogens is 8. The normalized spacial score (nSPS) is 11.1. The lowest BCUT2D eigenvalue weighted by Gasteiger charge is -2.07. The summed E-state index contributed by atoms with van der Waals surface area (Å²) in [6.07, 6.45) is 6.28. The highest BCUT2D eigenvalue weighted by Gasteiger charge is 2.19. The Morgan fingerprint density at radius 3 is 1.46 bits per heavy atom. The van der Waals surface area contributed by atoms with E-state index in [1.54, 1.807) is 86.9 Å². The molecule has 1 amide bonds. The lowest BCUT2D eigenvalue weighted by atomic mass is 10.1. The zero-order valence-corrected chi connectivity index (χ0v) is 46.3. The molecule has 0 bridgehead atoms. The molecule has 0 aliphatic rings. The maximum absolute atomic E-state index is 13.3. The molecule has 0 unspecified atom stereocenters. The molecule has 78 heavy (non-hydrogen) atoms. The van der Waals surface area contributed by atoms with Gasteiger partial charge in [-0.25, -0.2) is 19.4 Å². The summed E-state index contributed by atoms with van der Waals surface area (Å²) < 4.78 is 35.3. The van der Waals surface area contributed by atoms with Gasteiger partial charge in [-0.2, -0.15) is 18.7 Å². The predicted molar refractivity (Wildman–Crippen MR) is 299 cm³/mol. The third-order valence-corrected chi connectivity index (χ3v) is 13.7. The van der Waals surface area contributed by atoms with E-state index in [1.165, 1.54) is 25.8 Å². The summed E-state index contributed by atoms with van der Waals surface area (Å²) in [7, 11) is 0. The predicted octanol–water partition coefficient (Wildman–Crippen LogP) is 10.0. The molecular formula is C52H48Cl6F2N12O6. The Bertz CT molecular complexity index is 3860. The van der Waals surface area contributed by atoms with Crippen LogP contribution in [0.15, 0.2) is 112 Å². The Labute approximate surface area is 473 Å². The molecule has 3 aromatic carbocycles. The minimum Gasteiger partial charge on any atom is -0.480 e. The summed E-state index contributed by atoms with van der Waals surface area (Å²) in [6.45, 7) is 6.59. The van der Waals surface area contributed by atoms with Crippen molar-refractivity contribution in [2.24, 2.45) is 0 Å². The average molecular weight is 1190 g/mol. The van der Waals surface area contributed by atoms with E-state index in [2.05, 4.69) is 25.3 Å². The van der Waals surface area contributed by atoms with Crippen molar-refractivity contribution >= 4 is 104 Å². The van der Waals surface area contributed by atoms with E-state index in [1.807, 2.05) is 26.8 Å². The monoisotopic (exact) mass is 1180 g/mol. The molecule has 0 radical (unpaired) electrons. The molecule has 6 heterocycles. The SMILES string of the molecule is CCn1c(Cc2ccc(Cl)cc2Cl)cn(CC(=O)Nc2nc(F)ccc2N)c1=O.CCn1c(Cc2ccc(Cl)cc2Cl)cn(CC(=O)O)c1=O.CCn1c(Cc2ccc(Cl)cc2Cl)cn(Cc2nc3nc(F)ccc3[nH]2)c1=O. The van der Waals surface area contributed by atoms with Gasteiger partial charge in [0.1, 0.15) is 18.9 Å². The van der Waals surface area contributed by atoms with E-state index >= 15 is 0 Å². The Morgan fingerprint density at radius 1 is 0.590 bits per heavy atom. The number of fused-ring (bicyclic) bond motifs is 1. The van der Waals surface area contributed by atoms with Crippen molar-refractivity contribution in [3.05, 3.63) is 211 Å². The van der Waals surface area contributed by atoms with Gasteiger partial charge >= 0.3 is 23.0 Å². The topological polar surface area (TPSA) is 228 Å². The number of aromatic amines is 1. The maximum Gasteiger partial charge on any atom is 0.328 e. The van der Waals surface area contributed by atoms with E-state index in [4.69, 9.17) is 80.4 Å². The largest absolute Gasteiger partial charge is 0.480 e. The van der Waals surface area contributed by atoms with Crippen molar-refractivity contribution in [2.45, 2.75) is 79.3 Å². The number of pyridine rings is 2. The molecule has 26 heteroatoms. The van der Waals surface area contributed by atoms with Crippen molar-refractivity contribution in [2.75, 3.05) is 11.1 Å². The summed E-state index contributed by atoms with van der Waals surface area (Å²) in [5, 5.41) is 14.4. The van der Waals surface area contributed by atoms with Gasteiger partial charge in [0.05, 0.1) is 17.7 Å². The quantitative estimate of drug-likeness (QED) is 0.0669. The van der Waals surface area contributed by atoms with Crippen LogP contribution < -0.4 is 28.1 Å². The Hall–Kier alpha value is -7.20. The number of benzene rings is 3. The summed E-state index contributed by atoms with van der Waals surface area (Å²) >= 11 is 36.4. The van der Waals surface area contributed by atoms with Crippen LogP contribution in [0.3, 0.4) is 0 Å². The van der Waals surface area contributed by atoms with E-state index in [-0.39, 0.29) is 53.9 Å². The Morgan fingerprint density at radius 2 is 1.01 bits per heavy atom. The van der Waals surface area contributed by atoms with E-state index in [9.17, 15) is 32.8 Å². The molecule has 0 aliphatic heterocycles. The fourth-order valence-electron chi connectivity index (χ4n) is 8.28. The number of aromatic nitrogens is 10. The molecular weight excluding hydrogens is 1140 g/mol. The van der Waals surface area contributed by atoms with Crippen molar-refractivity contribution < 1.29 is 23.5 Å². The fraction of sp³-hybridized carbons (Fsp3) is 0.231. The second-order valence-corrected chi connectivity index (χ2v) is 19.8. The number of H-pyrrole nitrogens is 1. The second-order valence-electron chi connectivity index (χ2n) is 17.3. The minimum absolute atomic E-state index is 0.0915. The van der Waals surface area contributed by atoms with Gasteiger partial charge in [-0.3, -0.25) is 37.0 Å². The Kier molecular flexibility index (Phi) is 19.5. The molecule has 6 aromatic heterocycles. The van der Waals surface area contributed by atoms with Crippen LogP contribution in [-0.4, -0.2) is 64.3 Å². The van der Waals surface area contributed by atoms with Crippen LogP contribution in [0.5, 0.6) is 0 Å². The van der Waals surface area contributed by atoms with Gasteiger partial charge < -0.3 is 21.1 Å². The fourth-order valence-corrected chi connectivity index (χ4v) is 9.71. The van der Waals surface area contributed by atoms with Crippen molar-refractivity contribution in [3.63, 3.8) is 0 Å². The van der Waals surface area contributed by atoms with Crippen LogP contribution in [0.2, 0.25) is 30.1 Å². The number of carbonyl (C=O) groups is 2. The van der Waals surface area contributed by atoms with Crippen LogP contribution in [0.1, 0.15) is 60.4 Å². The number of anilines is 2. The van der Waals surface area contributed by atoms with Gasteiger partial charge in [-0.05, 0) is 98.1 Å². The first-order valence-corrected chi connectivity index (χ1v) is 26.0. The first kappa shape index (κ1) is 58.5. The first-order valence-electron chi connectivity index (χ1n) is 23.8. The van der Waals surface area contributed by atoms with Crippen LogP contribution >= 0.6 is 69.6 Å². The third kappa shape index (κ3) is 14.5. The third-order valence-electron chi connectivity index (χ3n) is 11.9. The second kappa shape index (κ2) is 26.0. The van der Waals surface area contributed by atoms with E-state index < -0.39 is 23.8 Å². The first-order chi connectivity index (χ1) is 37.1. The van der Waals surface area contributed by atoms with Gasteiger partial charge in [0, 0.05) is 105 Å². The van der Waals surface area contributed by atoms with E-state index in [0.717, 1.165) is 28.5 Å². The number of hydrogen-bond acceptors (Lipinski definition) is 9. The van der Waals surface area contributed by atoms with E-state index in [0.29, 0.717) is 91.8 Å². The highest BCUT2D eigenvalue weighted by molar-refractivity contribution is 6.36. The van der Waals surface area contributed by atoms with Crippen molar-refractivity contribution in [1.29, 1.82) is 0 Å². The zero-order valence-electron chi connectivity index (χ0n) is 41.7. The number of imidazole rings is 4. The van der Waals surface area contributed by atoms with Gasteiger partial charge in [-0.1, -0.05) is 87.8 Å². The van der Waals surface area contributed by atoms with Gasteiger partial charge in [0.15, 0.2) is 11.5 Å². The smallest absolute Gasteiger partial charge is 0.328 e. The highest BCUT2D eigenvalue weighted by atomic mass is 35.5. The number of nitrogens with zero attached hydrogens (tertiary/aromatic N) is 9. The number of nitrogen functional groups attached to an aromatic ring is 1. The standard InChI is InChI=1S/C19H18Cl2FN5O2.C19H16Cl2FN5O.C14H14Cl2N2O3/c1-2-27-13(7-11-3-4-12(20)8-14(11)21)9-26(19(27)29)10-17(28)25-18-15(23)5-6-16(22)24-18;1-2-27-13(7-11-3-4-12(20)8-14(11)21)9-26(19(27)28)10-17-23-15-5-6-16(22)24-18(15)25-17;1-2-18-11(7-17(14(18)21)8-13(19)20)5-9-3-4-10(15)6-12(9)16/h3-6,8-9H,2,7,10,23H2,1H3,(H,24,25,28);3-6,8-9H,2,7,10H2,1H3,(H,23,24,25);3-4,6-7H,2,5,8H2,1H3,(H,19,20). The molecule has 18 nitrogen and oxygen atoms in total. The molecule has 0 spiro atoms. The van der Waals surface area contributed by atoms with Crippen molar-refractivity contribution in [1.82, 2.24) is 47.3 Å². The number of carboxylic acid groups (broad SMARTS) is 1. The molecule has 9 rings (SSSR count). The van der Waals surface area contributed by atoms with Crippen LogP contribution in [0.25, 0.3) is 11.2 Å². The van der Waals surface area contributed by atoms with Crippen LogP contribution in [0.4, 0.5) is 20.3 Å².